The van der Waals surface area contributed by atoms with Gasteiger partial charge in [-0.05, 0) is 46.1 Å². The van der Waals surface area contributed by atoms with Crippen LogP contribution in [0.1, 0.15) is 51.4 Å². The van der Waals surface area contributed by atoms with E-state index in [4.69, 9.17) is 9.47 Å². The Labute approximate surface area is 226 Å². The number of hydrogen-bond donors (Lipinski definition) is 0. The SMILES string of the molecule is CC1c2cnc(-c3ncccn3)nc2CCN1c1cc(F)c(F)c(OCCC2CN(C(=O)OC(C)(C)C)C2)c1. The van der Waals surface area contributed by atoms with E-state index in [9.17, 15) is 13.6 Å². The zero-order chi connectivity index (χ0) is 27.7. The quantitative estimate of drug-likeness (QED) is 0.434. The molecule has 1 fully saturated rings. The summed E-state index contributed by atoms with van der Waals surface area (Å²) in [5.74, 6) is -0.967. The van der Waals surface area contributed by atoms with E-state index in [1.54, 1.807) is 35.6 Å². The fourth-order valence-corrected chi connectivity index (χ4v) is 4.82. The lowest BCUT2D eigenvalue weighted by Crippen LogP contribution is -2.51. The third kappa shape index (κ3) is 5.91. The molecule has 11 heteroatoms. The summed E-state index contributed by atoms with van der Waals surface area (Å²) in [4.78, 5) is 33.3. The first kappa shape index (κ1) is 26.7. The molecule has 2 aliphatic heterocycles. The maximum absolute atomic E-state index is 14.6. The van der Waals surface area contributed by atoms with Gasteiger partial charge in [0, 0.05) is 68.0 Å². The Hall–Kier alpha value is -3.89. The third-order valence-corrected chi connectivity index (χ3v) is 6.88. The van der Waals surface area contributed by atoms with Crippen LogP contribution in [0.2, 0.25) is 0 Å². The van der Waals surface area contributed by atoms with Gasteiger partial charge in [0.15, 0.2) is 23.2 Å². The number of rotatable bonds is 6. The maximum atomic E-state index is 14.6. The van der Waals surface area contributed by atoms with Crippen LogP contribution in [0.4, 0.5) is 19.3 Å². The molecule has 0 aliphatic carbocycles. The summed E-state index contributed by atoms with van der Waals surface area (Å²) in [6.45, 7) is 9.34. The summed E-state index contributed by atoms with van der Waals surface area (Å²) in [6.07, 6.45) is 5.91. The molecule has 2 aliphatic rings. The highest BCUT2D eigenvalue weighted by Crippen LogP contribution is 2.36. The van der Waals surface area contributed by atoms with Crippen molar-refractivity contribution in [1.82, 2.24) is 24.8 Å². The van der Waals surface area contributed by atoms with Crippen LogP contribution in [-0.2, 0) is 11.2 Å². The maximum Gasteiger partial charge on any atom is 0.410 e. The first-order chi connectivity index (χ1) is 18.6. The van der Waals surface area contributed by atoms with Gasteiger partial charge in [-0.3, -0.25) is 0 Å². The first-order valence-electron chi connectivity index (χ1n) is 13.1. The van der Waals surface area contributed by atoms with E-state index in [-0.39, 0.29) is 30.4 Å². The average Bonchev–Trinajstić information content (AvgIpc) is 2.87. The second kappa shape index (κ2) is 10.7. The summed E-state index contributed by atoms with van der Waals surface area (Å²) >= 11 is 0. The third-order valence-electron chi connectivity index (χ3n) is 6.88. The number of halogens is 2. The van der Waals surface area contributed by atoms with Crippen LogP contribution in [-0.4, -0.2) is 62.8 Å². The van der Waals surface area contributed by atoms with Gasteiger partial charge in [-0.15, -0.1) is 0 Å². The zero-order valence-electron chi connectivity index (χ0n) is 22.5. The highest BCUT2D eigenvalue weighted by atomic mass is 19.2. The highest BCUT2D eigenvalue weighted by molar-refractivity contribution is 5.69. The van der Waals surface area contributed by atoms with Gasteiger partial charge in [0.2, 0.25) is 5.82 Å². The molecule has 39 heavy (non-hydrogen) atoms. The lowest BCUT2D eigenvalue weighted by Gasteiger charge is -2.39. The van der Waals surface area contributed by atoms with Crippen LogP contribution in [0, 0.1) is 17.6 Å². The normalized spacial score (nSPS) is 17.4. The van der Waals surface area contributed by atoms with Crippen molar-refractivity contribution in [2.45, 2.75) is 52.2 Å². The summed E-state index contributed by atoms with van der Waals surface area (Å²) < 4.78 is 40.3. The molecule has 1 amide bonds. The van der Waals surface area contributed by atoms with E-state index in [0.29, 0.717) is 49.8 Å². The molecule has 0 bridgehead atoms. The molecule has 206 valence electrons. The Bertz CT molecular complexity index is 1350. The molecule has 0 N–H and O–H groups in total. The monoisotopic (exact) mass is 538 g/mol. The Kier molecular flexibility index (Phi) is 7.33. The van der Waals surface area contributed by atoms with Crippen molar-refractivity contribution >= 4 is 11.8 Å². The molecule has 3 aromatic rings. The standard InChI is InChI=1S/C28H32F2N6O3/c1-17-20-14-33-26(25-31-8-5-9-32-25)34-22(20)6-10-36(17)19-12-21(29)24(30)23(13-19)38-11-7-18-15-35(16-18)27(37)39-28(2,3)4/h5,8-9,12-14,17-18H,6-7,10-11,15-16H2,1-4H3. The van der Waals surface area contributed by atoms with Crippen molar-refractivity contribution in [2.24, 2.45) is 5.92 Å². The molecule has 0 radical (unpaired) electrons. The Morgan fingerprint density at radius 1 is 1.10 bits per heavy atom. The molecule has 9 nitrogen and oxygen atoms in total. The summed E-state index contributed by atoms with van der Waals surface area (Å²) in [5, 5.41) is 0. The van der Waals surface area contributed by atoms with Gasteiger partial charge in [0.1, 0.15) is 5.60 Å². The number of aromatic nitrogens is 4. The number of hydrogen-bond acceptors (Lipinski definition) is 8. The molecule has 5 rings (SSSR count). The molecule has 2 aromatic heterocycles. The Morgan fingerprint density at radius 3 is 2.56 bits per heavy atom. The van der Waals surface area contributed by atoms with Crippen LogP contribution in [0.3, 0.4) is 0 Å². The van der Waals surface area contributed by atoms with E-state index in [0.717, 1.165) is 11.3 Å². The lowest BCUT2D eigenvalue weighted by atomic mass is 9.97. The van der Waals surface area contributed by atoms with E-state index in [1.165, 1.54) is 6.07 Å². The fraction of sp³-hybridized carbons (Fsp3) is 0.464. The fourth-order valence-electron chi connectivity index (χ4n) is 4.82. The molecule has 1 unspecified atom stereocenters. The van der Waals surface area contributed by atoms with Crippen LogP contribution in [0.15, 0.2) is 36.8 Å². The van der Waals surface area contributed by atoms with Crippen LogP contribution >= 0.6 is 0 Å². The summed E-state index contributed by atoms with van der Waals surface area (Å²) in [6, 6.07) is 4.31. The number of amides is 1. The van der Waals surface area contributed by atoms with Crippen LogP contribution in [0.5, 0.6) is 5.75 Å². The average molecular weight is 539 g/mol. The van der Waals surface area contributed by atoms with Crippen molar-refractivity contribution in [3.05, 3.63) is 59.7 Å². The van der Waals surface area contributed by atoms with Crippen molar-refractivity contribution in [3.8, 4) is 17.4 Å². The van der Waals surface area contributed by atoms with Gasteiger partial charge in [0.25, 0.3) is 0 Å². The molecular formula is C28H32F2N6O3. The highest BCUT2D eigenvalue weighted by Gasteiger charge is 2.33. The number of fused-ring (bicyclic) bond motifs is 1. The predicted molar refractivity (Wildman–Crippen MR) is 140 cm³/mol. The van der Waals surface area contributed by atoms with Gasteiger partial charge in [-0.2, -0.15) is 4.39 Å². The predicted octanol–water partition coefficient (Wildman–Crippen LogP) is 4.97. The Morgan fingerprint density at radius 2 is 1.85 bits per heavy atom. The lowest BCUT2D eigenvalue weighted by molar-refractivity contribution is -0.00389. The zero-order valence-corrected chi connectivity index (χ0v) is 22.5. The number of likely N-dealkylation sites (tertiary alicyclic amines) is 1. The smallest absolute Gasteiger partial charge is 0.410 e. The van der Waals surface area contributed by atoms with E-state index in [1.807, 2.05) is 32.6 Å². The number of carbonyl (C=O) groups excluding carboxylic acids is 1. The van der Waals surface area contributed by atoms with Gasteiger partial charge >= 0.3 is 6.09 Å². The number of anilines is 1. The number of ether oxygens (including phenoxy) is 2. The second-order valence-electron chi connectivity index (χ2n) is 10.9. The number of nitrogens with zero attached hydrogens (tertiary/aromatic N) is 6. The minimum absolute atomic E-state index is 0.126. The van der Waals surface area contributed by atoms with Gasteiger partial charge in [0.05, 0.1) is 18.3 Å². The van der Waals surface area contributed by atoms with E-state index >= 15 is 0 Å². The molecular weight excluding hydrogens is 506 g/mol. The summed E-state index contributed by atoms with van der Waals surface area (Å²) in [5.41, 5.74) is 1.78. The van der Waals surface area contributed by atoms with Gasteiger partial charge < -0.3 is 19.3 Å². The number of carbonyl (C=O) groups is 1. The second-order valence-corrected chi connectivity index (χ2v) is 10.9. The van der Waals surface area contributed by atoms with Gasteiger partial charge in [-0.25, -0.2) is 29.1 Å². The van der Waals surface area contributed by atoms with E-state index < -0.39 is 17.2 Å². The van der Waals surface area contributed by atoms with Crippen molar-refractivity contribution < 1.29 is 23.0 Å². The first-order valence-corrected chi connectivity index (χ1v) is 13.1. The molecule has 1 saturated heterocycles. The van der Waals surface area contributed by atoms with Crippen molar-refractivity contribution in [2.75, 3.05) is 31.1 Å². The van der Waals surface area contributed by atoms with E-state index in [2.05, 4.69) is 19.9 Å². The number of benzene rings is 1. The van der Waals surface area contributed by atoms with Crippen molar-refractivity contribution in [3.63, 3.8) is 0 Å². The molecule has 0 saturated carbocycles. The molecule has 0 spiro atoms. The van der Waals surface area contributed by atoms with Crippen molar-refractivity contribution in [1.29, 1.82) is 0 Å². The van der Waals surface area contributed by atoms with Gasteiger partial charge in [-0.1, -0.05) is 0 Å². The summed E-state index contributed by atoms with van der Waals surface area (Å²) in [7, 11) is 0. The largest absolute Gasteiger partial charge is 0.490 e. The molecule has 1 aromatic carbocycles. The minimum atomic E-state index is -1.01. The van der Waals surface area contributed by atoms with Crippen LogP contribution in [0.25, 0.3) is 11.6 Å². The van der Waals surface area contributed by atoms with Crippen LogP contribution < -0.4 is 9.64 Å². The Balaban J connectivity index is 1.22. The molecule has 1 atom stereocenters. The topological polar surface area (TPSA) is 93.6 Å². The minimum Gasteiger partial charge on any atom is -0.490 e. The molecule has 4 heterocycles.